The van der Waals surface area contributed by atoms with E-state index < -0.39 is 0 Å². The van der Waals surface area contributed by atoms with Gasteiger partial charge < -0.3 is 5.73 Å². The molecule has 0 spiro atoms. The molecule has 2 heterocycles. The molecule has 15 heavy (non-hydrogen) atoms. The molecule has 0 aromatic carbocycles. The van der Waals surface area contributed by atoms with Crippen LogP contribution in [0.1, 0.15) is 19.2 Å². The molecule has 0 fully saturated rings. The number of nitrogens with zero attached hydrogens (tertiary/aromatic N) is 4. The van der Waals surface area contributed by atoms with Gasteiger partial charge in [-0.25, -0.2) is 9.97 Å². The first-order valence-electron chi connectivity index (χ1n) is 4.91. The van der Waals surface area contributed by atoms with Gasteiger partial charge in [-0.2, -0.15) is 0 Å². The summed E-state index contributed by atoms with van der Waals surface area (Å²) >= 11 is 0. The van der Waals surface area contributed by atoms with E-state index in [-0.39, 0.29) is 0 Å². The Balaban J connectivity index is 2.40. The Morgan fingerprint density at radius 1 is 1.40 bits per heavy atom. The number of rotatable bonds is 3. The molecule has 0 aliphatic rings. The predicted octanol–water partition coefficient (Wildman–Crippen LogP) is 1.20. The van der Waals surface area contributed by atoms with Crippen LogP contribution < -0.4 is 5.73 Å². The molecule has 2 rings (SSSR count). The van der Waals surface area contributed by atoms with Crippen molar-refractivity contribution in [3.05, 3.63) is 30.6 Å². The number of imidazole rings is 1. The van der Waals surface area contributed by atoms with Crippen LogP contribution in [-0.2, 0) is 6.42 Å². The molecule has 2 aromatic heterocycles. The number of nitrogen functional groups attached to an aromatic ring is 1. The van der Waals surface area contributed by atoms with Crippen LogP contribution in [0.4, 0.5) is 5.82 Å². The van der Waals surface area contributed by atoms with Crippen molar-refractivity contribution >= 4 is 5.82 Å². The Kier molecular flexibility index (Phi) is 2.62. The molecule has 78 valence electrons. The summed E-state index contributed by atoms with van der Waals surface area (Å²) in [7, 11) is 0. The minimum Gasteiger partial charge on any atom is -0.382 e. The average Bonchev–Trinajstić information content (AvgIpc) is 2.66. The molecule has 2 aromatic rings. The first kappa shape index (κ1) is 9.64. The number of aryl methyl sites for hydroxylation is 1. The summed E-state index contributed by atoms with van der Waals surface area (Å²) in [5, 5.41) is 0. The van der Waals surface area contributed by atoms with E-state index in [1.165, 1.54) is 6.20 Å². The van der Waals surface area contributed by atoms with Crippen molar-refractivity contribution in [3.8, 4) is 5.82 Å². The monoisotopic (exact) mass is 203 g/mol. The second-order valence-corrected chi connectivity index (χ2v) is 3.27. The third kappa shape index (κ3) is 1.96. The van der Waals surface area contributed by atoms with Gasteiger partial charge in [0.15, 0.2) is 5.82 Å². The van der Waals surface area contributed by atoms with E-state index in [0.717, 1.165) is 24.5 Å². The maximum absolute atomic E-state index is 5.58. The summed E-state index contributed by atoms with van der Waals surface area (Å²) in [6, 6.07) is 0. The van der Waals surface area contributed by atoms with Gasteiger partial charge in [-0.3, -0.25) is 9.55 Å². The van der Waals surface area contributed by atoms with Crippen molar-refractivity contribution in [1.82, 2.24) is 19.5 Å². The number of hydrogen-bond donors (Lipinski definition) is 1. The van der Waals surface area contributed by atoms with Gasteiger partial charge in [-0.1, -0.05) is 6.92 Å². The van der Waals surface area contributed by atoms with Crippen molar-refractivity contribution in [3.63, 3.8) is 0 Å². The lowest BCUT2D eigenvalue weighted by molar-refractivity contribution is 0.796. The smallest absolute Gasteiger partial charge is 0.159 e. The predicted molar refractivity (Wildman–Crippen MR) is 57.6 cm³/mol. The van der Waals surface area contributed by atoms with Crippen molar-refractivity contribution in [2.24, 2.45) is 0 Å². The molecule has 0 radical (unpaired) electrons. The molecular formula is C10H13N5. The Hall–Kier alpha value is -1.91. The van der Waals surface area contributed by atoms with Crippen LogP contribution in [0.25, 0.3) is 5.82 Å². The Bertz CT molecular complexity index is 449. The van der Waals surface area contributed by atoms with Gasteiger partial charge in [0.2, 0.25) is 0 Å². The van der Waals surface area contributed by atoms with Crippen LogP contribution in [-0.4, -0.2) is 19.5 Å². The lowest BCUT2D eigenvalue weighted by Gasteiger charge is -2.05. The van der Waals surface area contributed by atoms with Crippen molar-refractivity contribution < 1.29 is 0 Å². The van der Waals surface area contributed by atoms with Gasteiger partial charge in [0.1, 0.15) is 11.6 Å². The lowest BCUT2D eigenvalue weighted by atomic mass is 10.3. The SMILES string of the molecule is CCCc1nccn1-c1cncc(N)n1. The summed E-state index contributed by atoms with van der Waals surface area (Å²) in [5.41, 5.74) is 5.58. The summed E-state index contributed by atoms with van der Waals surface area (Å²) in [6.07, 6.45) is 8.80. The zero-order chi connectivity index (χ0) is 10.7. The molecular weight excluding hydrogens is 190 g/mol. The average molecular weight is 203 g/mol. The number of nitrogens with two attached hydrogens (primary N) is 1. The molecule has 0 saturated carbocycles. The summed E-state index contributed by atoms with van der Waals surface area (Å²) in [5.74, 6) is 2.12. The maximum Gasteiger partial charge on any atom is 0.159 e. The number of hydrogen-bond acceptors (Lipinski definition) is 4. The first-order valence-corrected chi connectivity index (χ1v) is 4.91. The van der Waals surface area contributed by atoms with Gasteiger partial charge in [0.05, 0.1) is 12.4 Å². The Morgan fingerprint density at radius 2 is 2.27 bits per heavy atom. The molecule has 0 aliphatic carbocycles. The van der Waals surface area contributed by atoms with Gasteiger partial charge >= 0.3 is 0 Å². The highest BCUT2D eigenvalue weighted by molar-refractivity contribution is 5.31. The zero-order valence-electron chi connectivity index (χ0n) is 8.59. The quantitative estimate of drug-likeness (QED) is 0.813. The second-order valence-electron chi connectivity index (χ2n) is 3.27. The topological polar surface area (TPSA) is 69.6 Å². The molecule has 5 heteroatoms. The molecule has 0 unspecified atom stereocenters. The van der Waals surface area contributed by atoms with Gasteiger partial charge in [0.25, 0.3) is 0 Å². The minimum atomic E-state index is 0.420. The van der Waals surface area contributed by atoms with Crippen molar-refractivity contribution in [2.45, 2.75) is 19.8 Å². The Morgan fingerprint density at radius 3 is 3.00 bits per heavy atom. The van der Waals surface area contributed by atoms with E-state index in [1.54, 1.807) is 12.4 Å². The van der Waals surface area contributed by atoms with Crippen molar-refractivity contribution in [2.75, 3.05) is 5.73 Å². The minimum absolute atomic E-state index is 0.420. The summed E-state index contributed by atoms with van der Waals surface area (Å²) in [6.45, 7) is 2.12. The van der Waals surface area contributed by atoms with E-state index in [2.05, 4.69) is 21.9 Å². The molecule has 5 nitrogen and oxygen atoms in total. The highest BCUT2D eigenvalue weighted by Crippen LogP contribution is 2.09. The van der Waals surface area contributed by atoms with Gasteiger partial charge in [0, 0.05) is 18.8 Å². The van der Waals surface area contributed by atoms with Crippen LogP contribution in [0.5, 0.6) is 0 Å². The molecule has 0 aliphatic heterocycles. The van der Waals surface area contributed by atoms with Crippen LogP contribution in [0, 0.1) is 0 Å². The second kappa shape index (κ2) is 4.08. The van der Waals surface area contributed by atoms with Crippen LogP contribution >= 0.6 is 0 Å². The van der Waals surface area contributed by atoms with Gasteiger partial charge in [-0.15, -0.1) is 0 Å². The summed E-state index contributed by atoms with van der Waals surface area (Å²) < 4.78 is 1.91. The fraction of sp³-hybridized carbons (Fsp3) is 0.300. The lowest BCUT2D eigenvalue weighted by Crippen LogP contribution is -2.04. The molecule has 2 N–H and O–H groups in total. The molecule has 0 atom stereocenters. The maximum atomic E-state index is 5.58. The molecule has 0 amide bonds. The normalized spacial score (nSPS) is 10.5. The van der Waals surface area contributed by atoms with Crippen LogP contribution in [0.3, 0.4) is 0 Å². The summed E-state index contributed by atoms with van der Waals surface area (Å²) in [4.78, 5) is 12.5. The third-order valence-electron chi connectivity index (χ3n) is 2.08. The van der Waals surface area contributed by atoms with Crippen molar-refractivity contribution in [1.29, 1.82) is 0 Å². The Labute approximate surface area is 88.0 Å². The molecule has 0 bridgehead atoms. The van der Waals surface area contributed by atoms with E-state index in [9.17, 15) is 0 Å². The third-order valence-corrected chi connectivity index (χ3v) is 2.08. The van der Waals surface area contributed by atoms with E-state index in [1.807, 2.05) is 10.8 Å². The standard InChI is InChI=1S/C10H13N5/c1-2-3-9-13-4-5-15(9)10-7-12-6-8(11)14-10/h4-7H,2-3H2,1H3,(H2,11,14). The molecule has 0 saturated heterocycles. The van der Waals surface area contributed by atoms with Gasteiger partial charge in [-0.05, 0) is 6.42 Å². The van der Waals surface area contributed by atoms with E-state index >= 15 is 0 Å². The number of aromatic nitrogens is 4. The fourth-order valence-corrected chi connectivity index (χ4v) is 1.44. The highest BCUT2D eigenvalue weighted by atomic mass is 15.1. The van der Waals surface area contributed by atoms with Crippen LogP contribution in [0.2, 0.25) is 0 Å². The fourth-order valence-electron chi connectivity index (χ4n) is 1.44. The zero-order valence-corrected chi connectivity index (χ0v) is 8.59. The first-order chi connectivity index (χ1) is 7.31. The van der Waals surface area contributed by atoms with E-state index in [4.69, 9.17) is 5.73 Å². The number of anilines is 1. The highest BCUT2D eigenvalue weighted by Gasteiger charge is 2.05. The van der Waals surface area contributed by atoms with E-state index in [0.29, 0.717) is 5.82 Å². The largest absolute Gasteiger partial charge is 0.382 e. The van der Waals surface area contributed by atoms with Crippen LogP contribution in [0.15, 0.2) is 24.8 Å².